The van der Waals surface area contributed by atoms with E-state index in [0.29, 0.717) is 32.1 Å². The summed E-state index contributed by atoms with van der Waals surface area (Å²) in [6.07, 6.45) is 3.51. The lowest BCUT2D eigenvalue weighted by Gasteiger charge is -2.21. The first-order chi connectivity index (χ1) is 18.2. The number of nitrogens with one attached hydrogen (secondary N) is 1. The Labute approximate surface area is 217 Å². The van der Waals surface area contributed by atoms with E-state index in [1.807, 2.05) is 66.7 Å². The lowest BCUT2D eigenvalue weighted by Crippen LogP contribution is -2.32. The predicted octanol–water partition coefficient (Wildman–Crippen LogP) is 5.58. The monoisotopic (exact) mass is 497 g/mol. The van der Waals surface area contributed by atoms with Crippen LogP contribution in [0.4, 0.5) is 0 Å². The molecule has 1 aromatic heterocycles. The van der Waals surface area contributed by atoms with Gasteiger partial charge < -0.3 is 19.2 Å². The Hall–Kier alpha value is -3.94. The van der Waals surface area contributed by atoms with Crippen LogP contribution in [0.15, 0.2) is 95.6 Å². The van der Waals surface area contributed by atoms with Gasteiger partial charge in [0.05, 0.1) is 12.6 Å². The third-order valence-electron chi connectivity index (χ3n) is 6.19. The Bertz CT molecular complexity index is 1270. The number of benzene rings is 3. The SMILES string of the molecule is O=C(NCC1CCCO1)c1coc(CN(Cc2ccccc2)Cc2cccc(Oc3ccccc3)c2)n1. The average molecular weight is 498 g/mol. The van der Waals surface area contributed by atoms with E-state index in [4.69, 9.17) is 13.9 Å². The van der Waals surface area contributed by atoms with Crippen molar-refractivity contribution in [2.45, 2.75) is 38.6 Å². The van der Waals surface area contributed by atoms with Crippen LogP contribution < -0.4 is 10.1 Å². The van der Waals surface area contributed by atoms with Crippen molar-refractivity contribution >= 4 is 5.91 Å². The molecule has 0 bridgehead atoms. The van der Waals surface area contributed by atoms with Crippen LogP contribution in [-0.2, 0) is 24.4 Å². The fourth-order valence-corrected chi connectivity index (χ4v) is 4.38. The molecule has 1 N–H and O–H groups in total. The molecule has 7 nitrogen and oxygen atoms in total. The van der Waals surface area contributed by atoms with Crippen LogP contribution in [0.1, 0.15) is 40.3 Å². The molecule has 3 aromatic carbocycles. The topological polar surface area (TPSA) is 76.8 Å². The standard InChI is InChI=1S/C30H31N3O4/c34-30(31-18-27-15-8-16-35-27)28-22-36-29(32-28)21-33(19-23-9-3-1-4-10-23)20-24-11-7-14-26(17-24)37-25-12-5-2-6-13-25/h1-7,9-14,17,22,27H,8,15-16,18-21H2,(H,31,34). The molecule has 5 rings (SSSR count). The molecular formula is C30H31N3O4. The summed E-state index contributed by atoms with van der Waals surface area (Å²) in [5.74, 6) is 1.83. The van der Waals surface area contributed by atoms with Gasteiger partial charge in [-0.25, -0.2) is 4.98 Å². The number of para-hydroxylation sites is 1. The maximum atomic E-state index is 12.6. The number of carbonyl (C=O) groups is 1. The van der Waals surface area contributed by atoms with Crippen LogP contribution in [0.3, 0.4) is 0 Å². The van der Waals surface area contributed by atoms with E-state index in [0.717, 1.165) is 36.5 Å². The predicted molar refractivity (Wildman–Crippen MR) is 140 cm³/mol. The maximum Gasteiger partial charge on any atom is 0.273 e. The zero-order valence-electron chi connectivity index (χ0n) is 20.7. The Kier molecular flexibility index (Phi) is 8.25. The minimum atomic E-state index is -0.245. The molecule has 2 heterocycles. The van der Waals surface area contributed by atoms with Crippen LogP contribution in [0.2, 0.25) is 0 Å². The van der Waals surface area contributed by atoms with Crippen LogP contribution in [0.25, 0.3) is 0 Å². The van der Waals surface area contributed by atoms with Crippen LogP contribution >= 0.6 is 0 Å². The van der Waals surface area contributed by atoms with E-state index in [1.54, 1.807) is 0 Å². The highest BCUT2D eigenvalue weighted by Gasteiger charge is 2.19. The van der Waals surface area contributed by atoms with E-state index in [2.05, 4.69) is 33.4 Å². The molecular weight excluding hydrogens is 466 g/mol. The minimum absolute atomic E-state index is 0.0818. The third kappa shape index (κ3) is 7.29. The van der Waals surface area contributed by atoms with E-state index in [9.17, 15) is 4.79 Å². The zero-order chi connectivity index (χ0) is 25.3. The summed E-state index contributed by atoms with van der Waals surface area (Å²) < 4.78 is 17.3. The van der Waals surface area contributed by atoms with Gasteiger partial charge in [-0.2, -0.15) is 0 Å². The Morgan fingerprint density at radius 2 is 1.65 bits per heavy atom. The smallest absolute Gasteiger partial charge is 0.273 e. The van der Waals surface area contributed by atoms with Crippen molar-refractivity contribution in [2.75, 3.05) is 13.2 Å². The number of ether oxygens (including phenoxy) is 2. The molecule has 0 spiro atoms. The molecule has 1 aliphatic heterocycles. The largest absolute Gasteiger partial charge is 0.457 e. The van der Waals surface area contributed by atoms with Gasteiger partial charge in [0.1, 0.15) is 17.8 Å². The van der Waals surface area contributed by atoms with Crippen molar-refractivity contribution in [1.82, 2.24) is 15.2 Å². The van der Waals surface area contributed by atoms with Gasteiger partial charge in [-0.1, -0.05) is 60.7 Å². The quantitative estimate of drug-likeness (QED) is 0.292. The summed E-state index contributed by atoms with van der Waals surface area (Å²) in [4.78, 5) is 19.3. The number of oxazole rings is 1. The fraction of sp³-hybridized carbons (Fsp3) is 0.267. The van der Waals surface area contributed by atoms with Crippen LogP contribution in [-0.4, -0.2) is 35.0 Å². The lowest BCUT2D eigenvalue weighted by atomic mass is 10.1. The number of hydrogen-bond acceptors (Lipinski definition) is 6. The molecule has 0 saturated carbocycles. The van der Waals surface area contributed by atoms with E-state index in [-0.39, 0.29) is 17.7 Å². The first kappa shape index (κ1) is 24.7. The second-order valence-electron chi connectivity index (χ2n) is 9.16. The molecule has 1 amide bonds. The molecule has 1 unspecified atom stereocenters. The van der Waals surface area contributed by atoms with Crippen molar-refractivity contribution in [3.8, 4) is 11.5 Å². The summed E-state index contributed by atoms with van der Waals surface area (Å²) in [6.45, 7) is 3.06. The first-order valence-corrected chi connectivity index (χ1v) is 12.6. The second kappa shape index (κ2) is 12.3. The number of hydrogen-bond donors (Lipinski definition) is 1. The molecule has 4 aromatic rings. The maximum absolute atomic E-state index is 12.6. The molecule has 1 atom stereocenters. The van der Waals surface area contributed by atoms with E-state index in [1.165, 1.54) is 11.8 Å². The van der Waals surface area contributed by atoms with Crippen molar-refractivity contribution in [3.63, 3.8) is 0 Å². The molecule has 0 radical (unpaired) electrons. The Morgan fingerprint density at radius 1 is 0.919 bits per heavy atom. The molecule has 190 valence electrons. The molecule has 37 heavy (non-hydrogen) atoms. The fourth-order valence-electron chi connectivity index (χ4n) is 4.38. The van der Waals surface area contributed by atoms with Gasteiger partial charge in [0, 0.05) is 26.2 Å². The van der Waals surface area contributed by atoms with Gasteiger partial charge in [-0.05, 0) is 48.2 Å². The van der Waals surface area contributed by atoms with Gasteiger partial charge in [0.25, 0.3) is 5.91 Å². The number of rotatable bonds is 11. The molecule has 1 aliphatic rings. The summed E-state index contributed by atoms with van der Waals surface area (Å²) >= 11 is 0. The highest BCUT2D eigenvalue weighted by molar-refractivity contribution is 5.91. The van der Waals surface area contributed by atoms with Crippen LogP contribution in [0, 0.1) is 0 Å². The summed E-state index contributed by atoms with van der Waals surface area (Å²) in [5, 5.41) is 2.90. The number of aromatic nitrogens is 1. The van der Waals surface area contributed by atoms with Crippen molar-refractivity contribution in [1.29, 1.82) is 0 Å². The Balaban J connectivity index is 1.26. The zero-order valence-corrected chi connectivity index (χ0v) is 20.7. The first-order valence-electron chi connectivity index (χ1n) is 12.6. The van der Waals surface area contributed by atoms with Gasteiger partial charge in [-0.3, -0.25) is 9.69 Å². The van der Waals surface area contributed by atoms with Gasteiger partial charge in [0.2, 0.25) is 5.89 Å². The molecule has 0 aliphatic carbocycles. The Morgan fingerprint density at radius 3 is 2.43 bits per heavy atom. The number of carbonyl (C=O) groups excluding carboxylic acids is 1. The van der Waals surface area contributed by atoms with E-state index < -0.39 is 0 Å². The average Bonchev–Trinajstić information content (AvgIpc) is 3.61. The highest BCUT2D eigenvalue weighted by Crippen LogP contribution is 2.23. The van der Waals surface area contributed by atoms with E-state index >= 15 is 0 Å². The van der Waals surface area contributed by atoms with Gasteiger partial charge >= 0.3 is 0 Å². The summed E-state index contributed by atoms with van der Waals surface area (Å²) in [6, 6.07) is 28.1. The van der Waals surface area contributed by atoms with Gasteiger partial charge in [-0.15, -0.1) is 0 Å². The molecule has 1 saturated heterocycles. The lowest BCUT2D eigenvalue weighted by molar-refractivity contribution is 0.0853. The van der Waals surface area contributed by atoms with Crippen molar-refractivity contribution < 1.29 is 18.7 Å². The third-order valence-corrected chi connectivity index (χ3v) is 6.19. The van der Waals surface area contributed by atoms with Crippen molar-refractivity contribution in [3.05, 3.63) is 114 Å². The highest BCUT2D eigenvalue weighted by atomic mass is 16.5. The minimum Gasteiger partial charge on any atom is -0.457 e. The molecule has 1 fully saturated rings. The van der Waals surface area contributed by atoms with Crippen molar-refractivity contribution in [2.24, 2.45) is 0 Å². The second-order valence-corrected chi connectivity index (χ2v) is 9.16. The number of amides is 1. The summed E-state index contributed by atoms with van der Waals surface area (Å²) in [7, 11) is 0. The number of nitrogens with zero attached hydrogens (tertiary/aromatic N) is 2. The van der Waals surface area contributed by atoms with Crippen LogP contribution in [0.5, 0.6) is 11.5 Å². The van der Waals surface area contributed by atoms with Gasteiger partial charge in [0.15, 0.2) is 5.69 Å². The summed E-state index contributed by atoms with van der Waals surface area (Å²) in [5.41, 5.74) is 2.57. The normalized spacial score (nSPS) is 15.1. The molecule has 7 heteroatoms.